The minimum absolute atomic E-state index is 0.00127. The third-order valence-electron chi connectivity index (χ3n) is 2.94. The van der Waals surface area contributed by atoms with Crippen LogP contribution in [0.15, 0.2) is 24.3 Å². The van der Waals surface area contributed by atoms with Gasteiger partial charge in [0, 0.05) is 0 Å². The number of imide groups is 1. The van der Waals surface area contributed by atoms with E-state index in [2.05, 4.69) is 5.32 Å². The molecular formula is C14H16N2O4. The Morgan fingerprint density at radius 3 is 2.75 bits per heavy atom. The van der Waals surface area contributed by atoms with Gasteiger partial charge >= 0.3 is 12.0 Å². The van der Waals surface area contributed by atoms with Crippen molar-refractivity contribution < 1.29 is 19.1 Å². The Kier molecular flexibility index (Phi) is 4.34. The summed E-state index contributed by atoms with van der Waals surface area (Å²) in [5.74, 6) is -0.735. The van der Waals surface area contributed by atoms with Gasteiger partial charge in [0.25, 0.3) is 0 Å². The molecule has 1 saturated heterocycles. The molecule has 6 nitrogen and oxygen atoms in total. The zero-order valence-corrected chi connectivity index (χ0v) is 11.2. The van der Waals surface area contributed by atoms with Gasteiger partial charge in [-0.15, -0.1) is 0 Å². The van der Waals surface area contributed by atoms with Crippen LogP contribution in [0.1, 0.15) is 29.3 Å². The number of esters is 1. The summed E-state index contributed by atoms with van der Waals surface area (Å²) in [6.45, 7) is 2.33. The zero-order valence-electron chi connectivity index (χ0n) is 11.2. The van der Waals surface area contributed by atoms with Gasteiger partial charge in [0.1, 0.15) is 0 Å². The molecule has 3 amide bonds. The Morgan fingerprint density at radius 2 is 2.10 bits per heavy atom. The second-order valence-electron chi connectivity index (χ2n) is 4.43. The van der Waals surface area contributed by atoms with Crippen molar-refractivity contribution in [1.82, 2.24) is 10.2 Å². The van der Waals surface area contributed by atoms with Crippen LogP contribution in [-0.4, -0.2) is 36.0 Å². The summed E-state index contributed by atoms with van der Waals surface area (Å²) >= 11 is 0. The topological polar surface area (TPSA) is 75.7 Å². The Balaban J connectivity index is 2.17. The van der Waals surface area contributed by atoms with Crippen LogP contribution in [0.2, 0.25) is 0 Å². The fourth-order valence-corrected chi connectivity index (χ4v) is 1.92. The summed E-state index contributed by atoms with van der Waals surface area (Å²) in [5.41, 5.74) is 0.979. The van der Waals surface area contributed by atoms with Gasteiger partial charge in [-0.1, -0.05) is 25.1 Å². The van der Waals surface area contributed by atoms with Crippen molar-refractivity contribution in [3.63, 3.8) is 0 Å². The number of nitrogens with zero attached hydrogens (tertiary/aromatic N) is 1. The Morgan fingerprint density at radius 1 is 1.35 bits per heavy atom. The fourth-order valence-electron chi connectivity index (χ4n) is 1.92. The van der Waals surface area contributed by atoms with Crippen molar-refractivity contribution in [3.8, 4) is 0 Å². The highest BCUT2D eigenvalue weighted by Gasteiger charge is 2.29. The number of hydrogen-bond donors (Lipinski definition) is 1. The minimum Gasteiger partial charge on any atom is -0.462 e. The van der Waals surface area contributed by atoms with E-state index in [1.807, 2.05) is 6.92 Å². The predicted molar refractivity (Wildman–Crippen MR) is 71.0 cm³/mol. The number of urea groups is 1. The highest BCUT2D eigenvalue weighted by atomic mass is 16.5. The van der Waals surface area contributed by atoms with E-state index in [4.69, 9.17) is 4.74 Å². The molecule has 1 heterocycles. The molecular weight excluding hydrogens is 260 g/mol. The number of amides is 3. The zero-order chi connectivity index (χ0) is 14.5. The summed E-state index contributed by atoms with van der Waals surface area (Å²) in [4.78, 5) is 36.1. The van der Waals surface area contributed by atoms with Crippen LogP contribution >= 0.6 is 0 Å². The Hall–Kier alpha value is -2.37. The van der Waals surface area contributed by atoms with Crippen molar-refractivity contribution in [3.05, 3.63) is 35.4 Å². The molecule has 0 saturated carbocycles. The summed E-state index contributed by atoms with van der Waals surface area (Å²) in [7, 11) is 0. The second kappa shape index (κ2) is 6.18. The lowest BCUT2D eigenvalue weighted by molar-refractivity contribution is -0.125. The number of carbonyl (C=O) groups excluding carboxylic acids is 3. The maximum absolute atomic E-state index is 11.9. The van der Waals surface area contributed by atoms with Crippen LogP contribution in [-0.2, 0) is 16.1 Å². The molecule has 0 atom stereocenters. The average Bonchev–Trinajstić information content (AvgIpc) is 2.77. The van der Waals surface area contributed by atoms with Gasteiger partial charge in [-0.2, -0.15) is 0 Å². The number of rotatable bonds is 5. The molecule has 0 bridgehead atoms. The first-order valence-electron chi connectivity index (χ1n) is 6.46. The van der Waals surface area contributed by atoms with Gasteiger partial charge < -0.3 is 10.1 Å². The molecule has 1 fully saturated rings. The quantitative estimate of drug-likeness (QED) is 0.650. The third kappa shape index (κ3) is 2.96. The summed E-state index contributed by atoms with van der Waals surface area (Å²) < 4.78 is 5.09. The van der Waals surface area contributed by atoms with Gasteiger partial charge in [0.15, 0.2) is 0 Å². The Bertz CT molecular complexity index is 526. The number of nitrogens with one attached hydrogen (secondary N) is 1. The highest BCUT2D eigenvalue weighted by Crippen LogP contribution is 2.15. The molecule has 1 aromatic carbocycles. The van der Waals surface area contributed by atoms with Gasteiger partial charge in [-0.25, -0.2) is 9.59 Å². The summed E-state index contributed by atoms with van der Waals surface area (Å²) in [6.07, 6.45) is 0.737. The van der Waals surface area contributed by atoms with Crippen molar-refractivity contribution in [2.45, 2.75) is 19.9 Å². The molecule has 0 aliphatic carbocycles. The van der Waals surface area contributed by atoms with Crippen LogP contribution in [0, 0.1) is 0 Å². The fraction of sp³-hybridized carbons (Fsp3) is 0.357. The number of ether oxygens (including phenoxy) is 1. The van der Waals surface area contributed by atoms with Crippen molar-refractivity contribution in [2.24, 2.45) is 0 Å². The molecule has 0 aromatic heterocycles. The highest BCUT2D eigenvalue weighted by molar-refractivity contribution is 6.02. The van der Waals surface area contributed by atoms with Crippen molar-refractivity contribution >= 4 is 17.9 Å². The lowest BCUT2D eigenvalue weighted by Gasteiger charge is -2.15. The van der Waals surface area contributed by atoms with Crippen LogP contribution in [0.5, 0.6) is 0 Å². The Labute approximate surface area is 116 Å². The standard InChI is InChI=1S/C14H16N2O4/c1-2-7-20-13(18)11-6-4-3-5-10(11)9-16-12(17)8-15-14(16)19/h3-6H,2,7-9H2,1H3,(H,15,19). The molecule has 1 aliphatic rings. The molecule has 1 N–H and O–H groups in total. The molecule has 1 aromatic rings. The predicted octanol–water partition coefficient (Wildman–Crippen LogP) is 1.31. The largest absolute Gasteiger partial charge is 0.462 e. The molecule has 106 valence electrons. The molecule has 20 heavy (non-hydrogen) atoms. The first kappa shape index (κ1) is 14.0. The van der Waals surface area contributed by atoms with Gasteiger partial charge in [-0.3, -0.25) is 9.69 Å². The SMILES string of the molecule is CCCOC(=O)c1ccccc1CN1C(=O)CNC1=O. The van der Waals surface area contributed by atoms with E-state index in [-0.39, 0.29) is 19.0 Å². The van der Waals surface area contributed by atoms with Crippen molar-refractivity contribution in [1.29, 1.82) is 0 Å². The van der Waals surface area contributed by atoms with E-state index in [0.29, 0.717) is 17.7 Å². The maximum Gasteiger partial charge on any atom is 0.338 e. The second-order valence-corrected chi connectivity index (χ2v) is 4.43. The van der Waals surface area contributed by atoms with E-state index >= 15 is 0 Å². The number of hydrogen-bond acceptors (Lipinski definition) is 4. The minimum atomic E-state index is -0.438. The summed E-state index contributed by atoms with van der Waals surface area (Å²) in [5, 5.41) is 2.44. The van der Waals surface area contributed by atoms with Crippen LogP contribution in [0.25, 0.3) is 0 Å². The average molecular weight is 276 g/mol. The van der Waals surface area contributed by atoms with Gasteiger partial charge in [0.2, 0.25) is 5.91 Å². The molecule has 2 rings (SSSR count). The van der Waals surface area contributed by atoms with Gasteiger partial charge in [0.05, 0.1) is 25.3 Å². The summed E-state index contributed by atoms with van der Waals surface area (Å²) in [6, 6.07) is 6.38. The number of carbonyl (C=O) groups is 3. The van der Waals surface area contributed by atoms with E-state index < -0.39 is 12.0 Å². The molecule has 0 spiro atoms. The first-order valence-corrected chi connectivity index (χ1v) is 6.46. The lowest BCUT2D eigenvalue weighted by atomic mass is 10.1. The van der Waals surface area contributed by atoms with Crippen molar-refractivity contribution in [2.75, 3.05) is 13.2 Å². The lowest BCUT2D eigenvalue weighted by Crippen LogP contribution is -2.31. The van der Waals surface area contributed by atoms with Crippen LogP contribution < -0.4 is 5.32 Å². The molecule has 6 heteroatoms. The number of benzene rings is 1. The monoisotopic (exact) mass is 276 g/mol. The molecule has 1 aliphatic heterocycles. The van der Waals surface area contributed by atoms with Gasteiger partial charge in [-0.05, 0) is 18.1 Å². The van der Waals surface area contributed by atoms with E-state index in [9.17, 15) is 14.4 Å². The van der Waals surface area contributed by atoms with Crippen LogP contribution in [0.3, 0.4) is 0 Å². The third-order valence-corrected chi connectivity index (χ3v) is 2.94. The maximum atomic E-state index is 11.9. The van der Waals surface area contributed by atoms with E-state index in [1.54, 1.807) is 24.3 Å². The smallest absolute Gasteiger partial charge is 0.338 e. The normalized spacial score (nSPS) is 14.3. The first-order chi connectivity index (χ1) is 9.63. The molecule has 0 radical (unpaired) electrons. The molecule has 0 unspecified atom stereocenters. The van der Waals surface area contributed by atoms with Crippen LogP contribution in [0.4, 0.5) is 4.79 Å². The van der Waals surface area contributed by atoms with E-state index in [0.717, 1.165) is 11.3 Å². The van der Waals surface area contributed by atoms with E-state index in [1.165, 1.54) is 0 Å².